The molecule has 0 saturated carbocycles. The van der Waals surface area contributed by atoms with Crippen LogP contribution in [-0.2, 0) is 11.3 Å². The first kappa shape index (κ1) is 15.7. The Morgan fingerprint density at radius 2 is 2.14 bits per heavy atom. The third-order valence-corrected chi connectivity index (χ3v) is 3.84. The molecule has 0 unspecified atom stereocenters. The predicted octanol–water partition coefficient (Wildman–Crippen LogP) is 1.20. The van der Waals surface area contributed by atoms with E-state index >= 15 is 0 Å². The van der Waals surface area contributed by atoms with Crippen LogP contribution in [0.3, 0.4) is 0 Å². The number of pyridine rings is 1. The molecular formula is C15H23FN4O. The summed E-state index contributed by atoms with van der Waals surface area (Å²) in [6.45, 7) is 1.84. The van der Waals surface area contributed by atoms with Crippen molar-refractivity contribution in [1.82, 2.24) is 15.2 Å². The van der Waals surface area contributed by atoms with Gasteiger partial charge in [-0.05, 0) is 12.1 Å². The summed E-state index contributed by atoms with van der Waals surface area (Å²) in [6, 6.07) is 5.82. The molecule has 2 rings (SSSR count). The molecule has 116 valence electrons. The van der Waals surface area contributed by atoms with E-state index in [9.17, 15) is 9.18 Å². The smallest absolute Gasteiger partial charge is 0.209 e. The molecule has 0 radical (unpaired) electrons. The molecule has 0 bridgehead atoms. The van der Waals surface area contributed by atoms with Crippen molar-refractivity contribution in [3.63, 3.8) is 0 Å². The van der Waals surface area contributed by atoms with Crippen molar-refractivity contribution in [3.05, 3.63) is 23.9 Å². The Hall–Kier alpha value is -1.69. The van der Waals surface area contributed by atoms with Gasteiger partial charge in [0, 0.05) is 53.1 Å². The Labute approximate surface area is 125 Å². The van der Waals surface area contributed by atoms with Crippen LogP contribution in [0.1, 0.15) is 18.5 Å². The van der Waals surface area contributed by atoms with Gasteiger partial charge in [0.1, 0.15) is 11.5 Å². The fraction of sp³-hybridized carbons (Fsp3) is 0.600. The fourth-order valence-corrected chi connectivity index (χ4v) is 2.44. The summed E-state index contributed by atoms with van der Waals surface area (Å²) in [5.41, 5.74) is -0.325. The number of hydrogen-bond donors (Lipinski definition) is 1. The van der Waals surface area contributed by atoms with Crippen LogP contribution in [0, 0.1) is 0 Å². The fourth-order valence-electron chi connectivity index (χ4n) is 2.44. The first-order chi connectivity index (χ1) is 10.0. The lowest BCUT2D eigenvalue weighted by Gasteiger charge is -2.34. The van der Waals surface area contributed by atoms with Gasteiger partial charge in [-0.25, -0.2) is 9.37 Å². The monoisotopic (exact) mass is 294 g/mol. The highest BCUT2D eigenvalue weighted by atomic mass is 19.1. The molecule has 5 nitrogen and oxygen atoms in total. The lowest BCUT2D eigenvalue weighted by Crippen LogP contribution is -2.46. The number of likely N-dealkylation sites (tertiary alicyclic amines) is 1. The molecule has 1 amide bonds. The number of anilines is 1. The van der Waals surface area contributed by atoms with Crippen LogP contribution in [0.5, 0.6) is 0 Å². The molecular weight excluding hydrogens is 271 g/mol. The minimum atomic E-state index is -1.22. The maximum absolute atomic E-state index is 14.6. The molecule has 0 spiro atoms. The van der Waals surface area contributed by atoms with E-state index in [-0.39, 0.29) is 0 Å². The number of aromatic nitrogens is 1. The molecule has 1 aromatic rings. The van der Waals surface area contributed by atoms with Crippen molar-refractivity contribution in [2.75, 3.05) is 38.6 Å². The van der Waals surface area contributed by atoms with Gasteiger partial charge in [-0.1, -0.05) is 6.07 Å². The van der Waals surface area contributed by atoms with E-state index in [2.05, 4.69) is 10.3 Å². The SMILES string of the molecule is CN(C)c1cccc(CNCC2(F)CCN(C=O)CC2)n1. The summed E-state index contributed by atoms with van der Waals surface area (Å²) >= 11 is 0. The van der Waals surface area contributed by atoms with E-state index in [0.29, 0.717) is 39.0 Å². The molecule has 1 aromatic heterocycles. The zero-order chi connectivity index (χ0) is 15.3. The number of nitrogens with zero attached hydrogens (tertiary/aromatic N) is 3. The Bertz CT molecular complexity index is 472. The second kappa shape index (κ2) is 6.85. The van der Waals surface area contributed by atoms with Crippen LogP contribution in [0.2, 0.25) is 0 Å². The molecule has 0 aromatic carbocycles. The molecule has 6 heteroatoms. The Morgan fingerprint density at radius 1 is 1.43 bits per heavy atom. The average Bonchev–Trinajstić information content (AvgIpc) is 2.48. The number of carbonyl (C=O) groups is 1. The normalized spacial score (nSPS) is 17.6. The number of hydrogen-bond acceptors (Lipinski definition) is 4. The van der Waals surface area contributed by atoms with E-state index in [1.165, 1.54) is 0 Å². The van der Waals surface area contributed by atoms with Gasteiger partial charge in [0.15, 0.2) is 0 Å². The van der Waals surface area contributed by atoms with E-state index in [0.717, 1.165) is 17.9 Å². The summed E-state index contributed by atoms with van der Waals surface area (Å²) < 4.78 is 14.6. The van der Waals surface area contributed by atoms with Gasteiger partial charge in [0.25, 0.3) is 0 Å². The van der Waals surface area contributed by atoms with Crippen molar-refractivity contribution in [3.8, 4) is 0 Å². The van der Waals surface area contributed by atoms with E-state index in [4.69, 9.17) is 0 Å². The number of alkyl halides is 1. The van der Waals surface area contributed by atoms with E-state index < -0.39 is 5.67 Å². The standard InChI is InChI=1S/C15H23FN4O/c1-19(2)14-5-3-4-13(18-14)10-17-11-15(16)6-8-20(12-21)9-7-15/h3-5,12,17H,6-11H2,1-2H3. The van der Waals surface area contributed by atoms with Crippen molar-refractivity contribution >= 4 is 12.2 Å². The summed E-state index contributed by atoms with van der Waals surface area (Å²) in [5, 5.41) is 3.15. The molecule has 1 aliphatic rings. The van der Waals surface area contributed by atoms with Gasteiger partial charge in [-0.2, -0.15) is 0 Å². The van der Waals surface area contributed by atoms with Gasteiger partial charge < -0.3 is 15.1 Å². The summed E-state index contributed by atoms with van der Waals surface area (Å²) in [6.07, 6.45) is 1.58. The molecule has 1 aliphatic heterocycles. The van der Waals surface area contributed by atoms with Crippen LogP contribution >= 0.6 is 0 Å². The maximum atomic E-state index is 14.6. The molecule has 21 heavy (non-hydrogen) atoms. The van der Waals surface area contributed by atoms with Crippen LogP contribution in [-0.4, -0.2) is 55.7 Å². The van der Waals surface area contributed by atoms with Gasteiger partial charge >= 0.3 is 0 Å². The summed E-state index contributed by atoms with van der Waals surface area (Å²) in [5.74, 6) is 0.892. The highest BCUT2D eigenvalue weighted by Crippen LogP contribution is 2.25. The van der Waals surface area contributed by atoms with Crippen molar-refractivity contribution in [1.29, 1.82) is 0 Å². The minimum absolute atomic E-state index is 0.299. The van der Waals surface area contributed by atoms with Crippen LogP contribution < -0.4 is 10.2 Å². The van der Waals surface area contributed by atoms with E-state index in [1.807, 2.05) is 37.2 Å². The predicted molar refractivity (Wildman–Crippen MR) is 81.0 cm³/mol. The second-order valence-electron chi connectivity index (χ2n) is 5.78. The number of nitrogens with one attached hydrogen (secondary N) is 1. The maximum Gasteiger partial charge on any atom is 0.209 e. The number of halogens is 1. The number of piperidine rings is 1. The van der Waals surface area contributed by atoms with Crippen molar-refractivity contribution in [2.24, 2.45) is 0 Å². The molecule has 1 N–H and O–H groups in total. The highest BCUT2D eigenvalue weighted by molar-refractivity contribution is 5.47. The van der Waals surface area contributed by atoms with Gasteiger partial charge in [0.2, 0.25) is 6.41 Å². The number of amides is 1. The third kappa shape index (κ3) is 4.39. The Balaban J connectivity index is 1.81. The molecule has 1 fully saturated rings. The molecule has 0 aliphatic carbocycles. The quantitative estimate of drug-likeness (QED) is 0.801. The van der Waals surface area contributed by atoms with Crippen LogP contribution in [0.4, 0.5) is 10.2 Å². The zero-order valence-corrected chi connectivity index (χ0v) is 12.7. The van der Waals surface area contributed by atoms with E-state index in [1.54, 1.807) is 4.90 Å². The number of rotatable bonds is 6. The van der Waals surface area contributed by atoms with Gasteiger partial charge in [0.05, 0.1) is 5.69 Å². The lowest BCUT2D eigenvalue weighted by molar-refractivity contribution is -0.120. The average molecular weight is 294 g/mol. The van der Waals surface area contributed by atoms with Gasteiger partial charge in [-0.15, -0.1) is 0 Å². The molecule has 2 heterocycles. The van der Waals surface area contributed by atoms with Crippen molar-refractivity contribution in [2.45, 2.75) is 25.1 Å². The lowest BCUT2D eigenvalue weighted by atomic mass is 9.93. The number of carbonyl (C=O) groups excluding carboxylic acids is 1. The zero-order valence-electron chi connectivity index (χ0n) is 12.7. The molecule has 0 atom stereocenters. The van der Waals surface area contributed by atoms with Crippen molar-refractivity contribution < 1.29 is 9.18 Å². The largest absolute Gasteiger partial charge is 0.363 e. The third-order valence-electron chi connectivity index (χ3n) is 3.84. The summed E-state index contributed by atoms with van der Waals surface area (Å²) in [7, 11) is 3.88. The Kier molecular flexibility index (Phi) is 5.12. The van der Waals surface area contributed by atoms with Gasteiger partial charge in [-0.3, -0.25) is 4.79 Å². The van der Waals surface area contributed by atoms with Crippen LogP contribution in [0.15, 0.2) is 18.2 Å². The molecule has 1 saturated heterocycles. The highest BCUT2D eigenvalue weighted by Gasteiger charge is 2.33. The summed E-state index contributed by atoms with van der Waals surface area (Å²) in [4.78, 5) is 18.7. The second-order valence-corrected chi connectivity index (χ2v) is 5.78. The first-order valence-corrected chi connectivity index (χ1v) is 7.25. The minimum Gasteiger partial charge on any atom is -0.363 e. The first-order valence-electron chi connectivity index (χ1n) is 7.25. The Morgan fingerprint density at radius 3 is 2.76 bits per heavy atom. The van der Waals surface area contributed by atoms with Crippen LogP contribution in [0.25, 0.3) is 0 Å². The topological polar surface area (TPSA) is 48.5 Å².